The molecule has 2 aliphatic heterocycles. The molecule has 0 spiro atoms. The summed E-state index contributed by atoms with van der Waals surface area (Å²) in [5, 5.41) is 0. The summed E-state index contributed by atoms with van der Waals surface area (Å²) in [5.74, 6) is 2.01. The highest BCUT2D eigenvalue weighted by atomic mass is 15.2. The minimum atomic E-state index is -0.00294. The van der Waals surface area contributed by atoms with Gasteiger partial charge in [-0.3, -0.25) is 0 Å². The van der Waals surface area contributed by atoms with Crippen LogP contribution in [0.5, 0.6) is 0 Å². The lowest BCUT2D eigenvalue weighted by Crippen LogP contribution is -2.22. The van der Waals surface area contributed by atoms with Gasteiger partial charge in [-0.25, -0.2) is 15.0 Å². The van der Waals surface area contributed by atoms with Crippen molar-refractivity contribution in [2.45, 2.75) is 12.0 Å². The third kappa shape index (κ3) is 4.97. The van der Waals surface area contributed by atoms with Crippen LogP contribution in [-0.4, -0.2) is 15.0 Å². The Kier molecular flexibility index (Phi) is 7.21. The number of nitrogens with zero attached hydrogens (tertiary/aromatic N) is 5. The molecule has 5 nitrogen and oxygen atoms in total. The molecule has 2 aliphatic rings. The van der Waals surface area contributed by atoms with Gasteiger partial charge in [-0.2, -0.15) is 0 Å². The van der Waals surface area contributed by atoms with E-state index in [0.29, 0.717) is 17.5 Å². The Bertz CT molecular complexity index is 2480. The molecule has 1 aromatic heterocycles. The van der Waals surface area contributed by atoms with E-state index in [2.05, 4.69) is 161 Å². The van der Waals surface area contributed by atoms with Gasteiger partial charge in [0.1, 0.15) is 0 Å². The van der Waals surface area contributed by atoms with Crippen LogP contribution < -0.4 is 9.80 Å². The van der Waals surface area contributed by atoms with E-state index in [9.17, 15) is 0 Å². The van der Waals surface area contributed by atoms with Crippen molar-refractivity contribution < 1.29 is 0 Å². The van der Waals surface area contributed by atoms with Gasteiger partial charge in [-0.1, -0.05) is 146 Å². The molecule has 7 aromatic carbocycles. The van der Waals surface area contributed by atoms with Crippen molar-refractivity contribution in [1.82, 2.24) is 15.0 Å². The van der Waals surface area contributed by atoms with Gasteiger partial charge in [-0.05, 0) is 59.2 Å². The molecule has 0 fully saturated rings. The Balaban J connectivity index is 1.21. The maximum atomic E-state index is 5.10. The predicted molar refractivity (Wildman–Crippen MR) is 210 cm³/mol. The van der Waals surface area contributed by atoms with Gasteiger partial charge in [0.2, 0.25) is 0 Å². The number of rotatable bonds is 5. The van der Waals surface area contributed by atoms with Gasteiger partial charge in [0.25, 0.3) is 0 Å². The lowest BCUT2D eigenvalue weighted by atomic mass is 9.84. The fourth-order valence-corrected chi connectivity index (χ4v) is 7.99. The topological polar surface area (TPSA) is 45.2 Å². The van der Waals surface area contributed by atoms with Gasteiger partial charge >= 0.3 is 0 Å². The second-order valence-electron chi connectivity index (χ2n) is 13.2. The number of hydrogen-bond donors (Lipinski definition) is 0. The minimum Gasteiger partial charge on any atom is -0.333 e. The Labute approximate surface area is 303 Å². The van der Waals surface area contributed by atoms with Gasteiger partial charge < -0.3 is 9.80 Å². The smallest absolute Gasteiger partial charge is 0.164 e. The van der Waals surface area contributed by atoms with E-state index in [0.717, 1.165) is 33.8 Å². The Morgan fingerprint density at radius 3 is 1.38 bits per heavy atom. The van der Waals surface area contributed by atoms with Gasteiger partial charge in [0.15, 0.2) is 17.5 Å². The lowest BCUT2D eigenvalue weighted by molar-refractivity contribution is 0.665. The number of para-hydroxylation sites is 4. The zero-order valence-electron chi connectivity index (χ0n) is 28.3. The monoisotopic (exact) mass is 667 g/mol. The van der Waals surface area contributed by atoms with Crippen LogP contribution in [0.25, 0.3) is 34.2 Å². The Morgan fingerprint density at radius 1 is 0.346 bits per heavy atom. The van der Waals surface area contributed by atoms with Crippen molar-refractivity contribution in [3.63, 3.8) is 0 Å². The Morgan fingerprint density at radius 2 is 0.788 bits per heavy atom. The first-order valence-electron chi connectivity index (χ1n) is 17.7. The molecule has 10 rings (SSSR count). The summed E-state index contributed by atoms with van der Waals surface area (Å²) in [4.78, 5) is 20.1. The summed E-state index contributed by atoms with van der Waals surface area (Å²) < 4.78 is 0. The van der Waals surface area contributed by atoms with Crippen LogP contribution in [0.15, 0.2) is 188 Å². The molecule has 2 atom stereocenters. The highest BCUT2D eigenvalue weighted by Gasteiger charge is 2.46. The second-order valence-corrected chi connectivity index (χ2v) is 13.2. The average Bonchev–Trinajstić information content (AvgIpc) is 3.50. The van der Waals surface area contributed by atoms with Crippen molar-refractivity contribution in [2.24, 2.45) is 0 Å². The van der Waals surface area contributed by atoms with Crippen LogP contribution in [0.2, 0.25) is 0 Å². The molecule has 5 heteroatoms. The van der Waals surface area contributed by atoms with Crippen LogP contribution in [-0.2, 0) is 0 Å². The molecule has 246 valence electrons. The van der Waals surface area contributed by atoms with Crippen molar-refractivity contribution >= 4 is 28.4 Å². The lowest BCUT2D eigenvalue weighted by Gasteiger charge is -2.32. The molecule has 3 heterocycles. The van der Waals surface area contributed by atoms with Crippen molar-refractivity contribution in [3.05, 3.63) is 205 Å². The molecular formula is C47H33N5. The minimum absolute atomic E-state index is 0.00294. The van der Waals surface area contributed by atoms with Gasteiger partial charge in [-0.15, -0.1) is 0 Å². The first-order valence-corrected chi connectivity index (χ1v) is 17.7. The largest absolute Gasteiger partial charge is 0.333 e. The maximum absolute atomic E-state index is 5.10. The number of aromatic nitrogens is 3. The quantitative estimate of drug-likeness (QED) is 0.183. The zero-order valence-corrected chi connectivity index (χ0v) is 28.3. The van der Waals surface area contributed by atoms with Crippen molar-refractivity contribution in [1.29, 1.82) is 0 Å². The van der Waals surface area contributed by atoms with Gasteiger partial charge in [0, 0.05) is 39.7 Å². The first kappa shape index (κ1) is 30.0. The summed E-state index contributed by atoms with van der Waals surface area (Å²) in [6.45, 7) is 0. The summed E-state index contributed by atoms with van der Waals surface area (Å²) in [7, 11) is 0. The fourth-order valence-electron chi connectivity index (χ4n) is 7.99. The van der Waals surface area contributed by atoms with Crippen LogP contribution in [0.1, 0.15) is 28.7 Å². The number of hydrogen-bond acceptors (Lipinski definition) is 5. The number of fused-ring (bicyclic) bond motifs is 7. The molecule has 0 radical (unpaired) electrons. The van der Waals surface area contributed by atoms with Crippen LogP contribution >= 0.6 is 0 Å². The maximum Gasteiger partial charge on any atom is 0.164 e. The average molecular weight is 668 g/mol. The fraction of sp³-hybridized carbons (Fsp3) is 0.0426. The van der Waals surface area contributed by atoms with E-state index < -0.39 is 0 Å². The molecule has 0 amide bonds. The highest BCUT2D eigenvalue weighted by Crippen LogP contribution is 2.61. The molecule has 0 aliphatic carbocycles. The van der Waals surface area contributed by atoms with E-state index in [-0.39, 0.29) is 12.0 Å². The third-order valence-corrected chi connectivity index (χ3v) is 10.2. The van der Waals surface area contributed by atoms with Gasteiger partial charge in [0.05, 0.1) is 17.4 Å². The van der Waals surface area contributed by atoms with E-state index in [1.807, 2.05) is 36.4 Å². The normalized spacial score (nSPS) is 15.6. The summed E-state index contributed by atoms with van der Waals surface area (Å²) in [6.07, 6.45) is 0. The highest BCUT2D eigenvalue weighted by molar-refractivity contribution is 5.88. The van der Waals surface area contributed by atoms with Crippen LogP contribution in [0.3, 0.4) is 0 Å². The third-order valence-electron chi connectivity index (χ3n) is 10.2. The molecular weight excluding hydrogens is 635 g/mol. The molecule has 0 saturated carbocycles. The van der Waals surface area contributed by atoms with Crippen molar-refractivity contribution in [3.8, 4) is 34.2 Å². The second kappa shape index (κ2) is 12.5. The molecule has 0 saturated heterocycles. The molecule has 8 aromatic rings. The summed E-state index contributed by atoms with van der Waals surface area (Å²) in [6, 6.07) is 66.4. The summed E-state index contributed by atoms with van der Waals surface area (Å²) in [5.41, 5.74) is 12.5. The SMILES string of the molecule is c1ccc(-c2nc(-c3ccccc3)nc(-c3ccc4c(c3)N(c3ccccc3)C3c5ccccc5N(c5ccccc5)c5ccccc5C43)n2)cc1. The standard InChI is InChI=1S/C47H33N5/c1-5-17-32(18-6-1)45-48-46(33-19-7-2-8-20-33)50-47(49-45)34-29-30-38-42(31-34)52(36-23-11-4-12-24-36)44-39-26-14-16-28-41(39)51(35-21-9-3-10-22-35)40-27-15-13-25-37(40)43(38)44/h1-31,43-44H. The van der Waals surface area contributed by atoms with Crippen molar-refractivity contribution in [2.75, 3.05) is 9.80 Å². The van der Waals surface area contributed by atoms with Crippen LogP contribution in [0.4, 0.5) is 28.4 Å². The molecule has 0 bridgehead atoms. The van der Waals surface area contributed by atoms with Crippen LogP contribution in [0, 0.1) is 0 Å². The molecule has 52 heavy (non-hydrogen) atoms. The Hall–Kier alpha value is -6.85. The van der Waals surface area contributed by atoms with E-state index in [1.54, 1.807) is 0 Å². The van der Waals surface area contributed by atoms with E-state index in [4.69, 9.17) is 15.0 Å². The van der Waals surface area contributed by atoms with E-state index in [1.165, 1.54) is 28.1 Å². The molecule has 0 N–H and O–H groups in total. The number of benzene rings is 7. The zero-order chi connectivity index (χ0) is 34.4. The summed E-state index contributed by atoms with van der Waals surface area (Å²) >= 11 is 0. The number of anilines is 5. The van der Waals surface area contributed by atoms with E-state index >= 15 is 0 Å². The molecule has 2 unspecified atom stereocenters. The first-order chi connectivity index (χ1) is 25.8. The predicted octanol–water partition coefficient (Wildman–Crippen LogP) is 11.7.